The lowest BCUT2D eigenvalue weighted by Gasteiger charge is -2.33. The number of pyridine rings is 1. The summed E-state index contributed by atoms with van der Waals surface area (Å²) < 4.78 is 21.3. The van der Waals surface area contributed by atoms with Crippen molar-refractivity contribution < 1.29 is 18.7 Å². The molecule has 1 aliphatic rings. The van der Waals surface area contributed by atoms with Crippen LogP contribution in [0, 0.1) is 5.82 Å². The number of likely N-dealkylation sites (tertiary alicyclic amines) is 1. The van der Waals surface area contributed by atoms with Crippen LogP contribution in [0.4, 0.5) is 9.18 Å². The fourth-order valence-electron chi connectivity index (χ4n) is 4.10. The van der Waals surface area contributed by atoms with Crippen LogP contribution in [0.5, 0.6) is 0 Å². The summed E-state index contributed by atoms with van der Waals surface area (Å²) in [6, 6.07) is 9.21. The molecule has 0 aliphatic carbocycles. The van der Waals surface area contributed by atoms with Gasteiger partial charge in [-0.05, 0) is 51.2 Å². The summed E-state index contributed by atoms with van der Waals surface area (Å²) in [5.41, 5.74) is 4.37. The van der Waals surface area contributed by atoms with Gasteiger partial charge in [-0.2, -0.15) is 0 Å². The second-order valence-electron chi connectivity index (χ2n) is 9.79. The highest BCUT2D eigenvalue weighted by Crippen LogP contribution is 2.30. The molecule has 36 heavy (non-hydrogen) atoms. The Hall–Kier alpha value is -3.86. The molecule has 1 aliphatic heterocycles. The average Bonchev–Trinajstić information content (AvgIpc) is 3.32. The molecule has 0 bridgehead atoms. The molecule has 0 spiro atoms. The lowest BCUT2D eigenvalue weighted by Crippen LogP contribution is -2.41. The van der Waals surface area contributed by atoms with E-state index in [9.17, 15) is 14.0 Å². The zero-order chi connectivity index (χ0) is 25.9. The predicted octanol–water partition coefficient (Wildman–Crippen LogP) is 3.25. The highest BCUT2D eigenvalue weighted by molar-refractivity contribution is 5.93. The molecule has 11 heteroatoms. The second-order valence-corrected chi connectivity index (χ2v) is 9.79. The third-order valence-electron chi connectivity index (χ3n) is 5.99. The maximum absolute atomic E-state index is 14.4. The number of rotatable bonds is 5. The van der Waals surface area contributed by atoms with Gasteiger partial charge in [0.2, 0.25) is 0 Å². The molecule has 0 saturated carbocycles. The minimum Gasteiger partial charge on any atom is -0.444 e. The predicted molar refractivity (Wildman–Crippen MR) is 130 cm³/mol. The number of hydrogen-bond acceptors (Lipinski definition) is 7. The van der Waals surface area contributed by atoms with E-state index in [1.54, 1.807) is 11.1 Å². The molecule has 2 aromatic heterocycles. The summed E-state index contributed by atoms with van der Waals surface area (Å²) in [4.78, 5) is 29.6. The highest BCUT2D eigenvalue weighted by atomic mass is 19.1. The Bertz CT molecular complexity index is 1230. The van der Waals surface area contributed by atoms with E-state index in [1.165, 1.54) is 16.4 Å². The number of ether oxygens (including phenoxy) is 1. The summed E-state index contributed by atoms with van der Waals surface area (Å²) in [5.74, 6) is 4.19. The van der Waals surface area contributed by atoms with Gasteiger partial charge in [0.1, 0.15) is 17.1 Å². The second kappa shape index (κ2) is 10.4. The fourth-order valence-corrected chi connectivity index (χ4v) is 4.10. The van der Waals surface area contributed by atoms with Gasteiger partial charge in [-0.15, -0.1) is 5.10 Å². The number of nitrogens with zero attached hydrogens (tertiary/aromatic N) is 5. The van der Waals surface area contributed by atoms with Gasteiger partial charge in [0.05, 0.1) is 24.0 Å². The molecule has 1 aromatic carbocycles. The van der Waals surface area contributed by atoms with Gasteiger partial charge >= 0.3 is 6.09 Å². The van der Waals surface area contributed by atoms with E-state index < -0.39 is 17.3 Å². The molecule has 1 fully saturated rings. The first-order valence-electron chi connectivity index (χ1n) is 11.8. The van der Waals surface area contributed by atoms with Crippen LogP contribution >= 0.6 is 0 Å². The summed E-state index contributed by atoms with van der Waals surface area (Å²) in [7, 11) is 0. The van der Waals surface area contributed by atoms with E-state index in [0.717, 1.165) is 24.5 Å². The Morgan fingerprint density at radius 2 is 1.89 bits per heavy atom. The van der Waals surface area contributed by atoms with Gasteiger partial charge in [0, 0.05) is 24.8 Å². The van der Waals surface area contributed by atoms with E-state index >= 15 is 0 Å². The molecule has 3 aromatic rings. The Labute approximate surface area is 208 Å². The number of halogens is 1. The van der Waals surface area contributed by atoms with E-state index in [-0.39, 0.29) is 23.9 Å². The summed E-state index contributed by atoms with van der Waals surface area (Å²) >= 11 is 0. The molecule has 190 valence electrons. The van der Waals surface area contributed by atoms with Crippen molar-refractivity contribution in [2.75, 3.05) is 13.1 Å². The number of hydrogen-bond donors (Lipinski definition) is 2. The standard InChI is InChI=1S/C25H30FN7O3/c1-25(2,3)36-24(35)32-10-8-17(9-11-32)16-4-6-18(7-5-16)21-14-33(31-30-21)15-22-20(26)12-19(13-28-22)23(34)29-27/h4-7,12-14,17H,8-11,15,27H2,1-3H3,(H,29,34). The monoisotopic (exact) mass is 495 g/mol. The van der Waals surface area contributed by atoms with Crippen LogP contribution in [0.1, 0.15) is 61.1 Å². The van der Waals surface area contributed by atoms with Crippen LogP contribution in [0.15, 0.2) is 42.7 Å². The summed E-state index contributed by atoms with van der Waals surface area (Å²) in [5, 5.41) is 8.27. The van der Waals surface area contributed by atoms with E-state index in [0.29, 0.717) is 24.7 Å². The average molecular weight is 496 g/mol. The number of aromatic nitrogens is 4. The molecule has 1 saturated heterocycles. The minimum absolute atomic E-state index is 0.0358. The van der Waals surface area contributed by atoms with Crippen molar-refractivity contribution in [2.45, 2.75) is 51.7 Å². The SMILES string of the molecule is CC(C)(C)OC(=O)N1CCC(c2ccc(-c3cn(Cc4ncc(C(=O)NN)cc4F)nn3)cc2)CC1. The molecule has 3 N–H and O–H groups in total. The quantitative estimate of drug-likeness (QED) is 0.316. The van der Waals surface area contributed by atoms with Crippen molar-refractivity contribution in [3.63, 3.8) is 0 Å². The van der Waals surface area contributed by atoms with E-state index in [4.69, 9.17) is 10.6 Å². The fraction of sp³-hybridized carbons (Fsp3) is 0.400. The van der Waals surface area contributed by atoms with Gasteiger partial charge < -0.3 is 9.64 Å². The largest absolute Gasteiger partial charge is 0.444 e. The Morgan fingerprint density at radius 3 is 2.50 bits per heavy atom. The molecule has 0 atom stereocenters. The first-order valence-corrected chi connectivity index (χ1v) is 11.8. The van der Waals surface area contributed by atoms with Crippen LogP contribution in [0.25, 0.3) is 11.3 Å². The summed E-state index contributed by atoms with van der Waals surface area (Å²) in [6.07, 6.45) is 4.47. The maximum Gasteiger partial charge on any atom is 0.410 e. The number of amides is 2. The Kier molecular flexibility index (Phi) is 7.30. The third-order valence-corrected chi connectivity index (χ3v) is 5.99. The summed E-state index contributed by atoms with van der Waals surface area (Å²) in [6.45, 7) is 7.01. The van der Waals surface area contributed by atoms with Crippen LogP contribution < -0.4 is 11.3 Å². The first kappa shape index (κ1) is 25.2. The molecule has 0 radical (unpaired) electrons. The van der Waals surface area contributed by atoms with Crippen LogP contribution in [0.2, 0.25) is 0 Å². The van der Waals surface area contributed by atoms with E-state index in [1.807, 2.05) is 38.3 Å². The molecule has 4 rings (SSSR count). The molecule has 3 heterocycles. The Balaban J connectivity index is 1.36. The Morgan fingerprint density at radius 1 is 1.19 bits per heavy atom. The van der Waals surface area contributed by atoms with Crippen molar-refractivity contribution >= 4 is 12.0 Å². The molecule has 2 amide bonds. The highest BCUT2D eigenvalue weighted by Gasteiger charge is 2.27. The van der Waals surface area contributed by atoms with Crippen LogP contribution in [-0.4, -0.2) is 55.6 Å². The lowest BCUT2D eigenvalue weighted by molar-refractivity contribution is 0.0204. The number of carbonyl (C=O) groups excluding carboxylic acids is 2. The topological polar surface area (TPSA) is 128 Å². The van der Waals surface area contributed by atoms with Crippen LogP contribution in [0.3, 0.4) is 0 Å². The number of hydrazine groups is 1. The van der Waals surface area contributed by atoms with Gasteiger partial charge in [-0.3, -0.25) is 15.2 Å². The zero-order valence-corrected chi connectivity index (χ0v) is 20.6. The van der Waals surface area contributed by atoms with Gasteiger partial charge in [-0.1, -0.05) is 29.5 Å². The maximum atomic E-state index is 14.4. The zero-order valence-electron chi connectivity index (χ0n) is 20.6. The lowest BCUT2D eigenvalue weighted by atomic mass is 9.89. The van der Waals surface area contributed by atoms with Crippen LogP contribution in [-0.2, 0) is 11.3 Å². The normalized spacial score (nSPS) is 14.5. The third kappa shape index (κ3) is 6.03. The van der Waals surface area contributed by atoms with Crippen molar-refractivity contribution in [1.29, 1.82) is 0 Å². The van der Waals surface area contributed by atoms with Gasteiger partial charge in [-0.25, -0.2) is 19.7 Å². The van der Waals surface area contributed by atoms with Gasteiger partial charge in [0.25, 0.3) is 5.91 Å². The number of benzene rings is 1. The molecule has 10 nitrogen and oxygen atoms in total. The smallest absolute Gasteiger partial charge is 0.410 e. The molecular formula is C25H30FN7O3. The number of piperidine rings is 1. The van der Waals surface area contributed by atoms with Crippen molar-refractivity contribution in [1.82, 2.24) is 30.3 Å². The number of nitrogens with two attached hydrogens (primary N) is 1. The first-order chi connectivity index (χ1) is 17.1. The number of nitrogen functional groups attached to an aromatic ring is 1. The van der Waals surface area contributed by atoms with Crippen molar-refractivity contribution in [2.24, 2.45) is 5.84 Å². The number of nitrogens with one attached hydrogen (secondary N) is 1. The molecular weight excluding hydrogens is 465 g/mol. The number of carbonyl (C=O) groups is 2. The van der Waals surface area contributed by atoms with E-state index in [2.05, 4.69) is 27.4 Å². The van der Waals surface area contributed by atoms with Gasteiger partial charge in [0.15, 0.2) is 0 Å². The van der Waals surface area contributed by atoms with Crippen molar-refractivity contribution in [3.8, 4) is 11.3 Å². The minimum atomic E-state index is -0.629. The molecule has 0 unspecified atom stereocenters. The van der Waals surface area contributed by atoms with Crippen molar-refractivity contribution in [3.05, 3.63) is 65.4 Å².